The summed E-state index contributed by atoms with van der Waals surface area (Å²) in [6.07, 6.45) is 0. The third-order valence-electron chi connectivity index (χ3n) is 5.11. The van der Waals surface area contributed by atoms with Crippen LogP contribution < -0.4 is 4.90 Å². The van der Waals surface area contributed by atoms with Crippen LogP contribution in [0.15, 0.2) is 36.4 Å². The van der Waals surface area contributed by atoms with Gasteiger partial charge in [-0.2, -0.15) is 0 Å². The van der Waals surface area contributed by atoms with Gasteiger partial charge in [-0.1, -0.05) is 29.8 Å². The molecule has 2 aromatic rings. The van der Waals surface area contributed by atoms with Crippen molar-refractivity contribution in [1.29, 1.82) is 0 Å². The van der Waals surface area contributed by atoms with Gasteiger partial charge in [0.15, 0.2) is 0 Å². The number of amides is 1. The molecule has 0 radical (unpaired) electrons. The van der Waals surface area contributed by atoms with Crippen molar-refractivity contribution in [2.45, 2.75) is 27.7 Å². The van der Waals surface area contributed by atoms with Crippen molar-refractivity contribution in [3.63, 3.8) is 0 Å². The molecule has 0 spiro atoms. The fraction of sp³-hybridized carbons (Fsp3) is 0.381. The summed E-state index contributed by atoms with van der Waals surface area (Å²) >= 11 is 0. The van der Waals surface area contributed by atoms with Gasteiger partial charge in [0.1, 0.15) is 0 Å². The van der Waals surface area contributed by atoms with Crippen LogP contribution in [0.25, 0.3) is 0 Å². The Balaban J connectivity index is 1.72. The average molecular weight is 322 g/mol. The maximum atomic E-state index is 12.8. The van der Waals surface area contributed by atoms with E-state index in [0.29, 0.717) is 0 Å². The number of benzene rings is 2. The van der Waals surface area contributed by atoms with Gasteiger partial charge in [0.05, 0.1) is 0 Å². The number of hydrogen-bond acceptors (Lipinski definition) is 2. The third kappa shape index (κ3) is 3.16. The maximum absolute atomic E-state index is 12.8. The smallest absolute Gasteiger partial charge is 0.254 e. The van der Waals surface area contributed by atoms with Gasteiger partial charge in [-0.05, 0) is 56.5 Å². The molecular formula is C21H26N2O. The largest absolute Gasteiger partial charge is 0.368 e. The molecule has 3 heteroatoms. The molecule has 0 aliphatic carbocycles. The highest BCUT2D eigenvalue weighted by atomic mass is 16.2. The molecule has 24 heavy (non-hydrogen) atoms. The van der Waals surface area contributed by atoms with E-state index in [9.17, 15) is 4.79 Å². The second kappa shape index (κ2) is 6.68. The first kappa shape index (κ1) is 16.6. The number of anilines is 1. The first-order valence-corrected chi connectivity index (χ1v) is 8.65. The molecule has 3 rings (SSSR count). The summed E-state index contributed by atoms with van der Waals surface area (Å²) in [5, 5.41) is 0. The topological polar surface area (TPSA) is 23.6 Å². The second-order valence-electron chi connectivity index (χ2n) is 6.82. The van der Waals surface area contributed by atoms with E-state index >= 15 is 0 Å². The summed E-state index contributed by atoms with van der Waals surface area (Å²) in [7, 11) is 0. The minimum atomic E-state index is 0.164. The summed E-state index contributed by atoms with van der Waals surface area (Å²) in [5.74, 6) is 0.164. The van der Waals surface area contributed by atoms with E-state index in [1.807, 2.05) is 30.9 Å². The van der Waals surface area contributed by atoms with Gasteiger partial charge in [-0.3, -0.25) is 4.79 Å². The number of rotatable bonds is 2. The quantitative estimate of drug-likeness (QED) is 0.837. The lowest BCUT2D eigenvalue weighted by atomic mass is 10.0. The zero-order valence-electron chi connectivity index (χ0n) is 15.1. The first-order valence-electron chi connectivity index (χ1n) is 8.65. The molecule has 1 aliphatic rings. The molecule has 2 aromatic carbocycles. The van der Waals surface area contributed by atoms with Gasteiger partial charge in [-0.15, -0.1) is 0 Å². The van der Waals surface area contributed by atoms with Crippen LogP contribution in [0.1, 0.15) is 32.6 Å². The van der Waals surface area contributed by atoms with Crippen LogP contribution in [-0.4, -0.2) is 37.0 Å². The van der Waals surface area contributed by atoms with Gasteiger partial charge in [-0.25, -0.2) is 0 Å². The highest BCUT2D eigenvalue weighted by Crippen LogP contribution is 2.24. The summed E-state index contributed by atoms with van der Waals surface area (Å²) in [6.45, 7) is 11.7. The SMILES string of the molecule is Cc1ccc(C)c(C(=O)N2CCN(c3cccc(C)c3C)CC2)c1. The number of carbonyl (C=O) groups excluding carboxylic acids is 1. The first-order chi connectivity index (χ1) is 11.5. The fourth-order valence-electron chi connectivity index (χ4n) is 3.37. The van der Waals surface area contributed by atoms with Crippen molar-refractivity contribution in [3.05, 3.63) is 64.2 Å². The molecule has 0 aromatic heterocycles. The molecule has 0 saturated carbocycles. The standard InChI is InChI=1S/C21H26N2O/c1-15-8-9-17(3)19(14-15)21(24)23-12-10-22(11-13-23)20-7-5-6-16(2)18(20)4/h5-9,14H,10-13H2,1-4H3. The summed E-state index contributed by atoms with van der Waals surface area (Å²) < 4.78 is 0. The van der Waals surface area contributed by atoms with E-state index in [4.69, 9.17) is 0 Å². The molecule has 1 saturated heterocycles. The third-order valence-corrected chi connectivity index (χ3v) is 5.11. The Kier molecular flexibility index (Phi) is 4.61. The Morgan fingerprint density at radius 3 is 2.29 bits per heavy atom. The van der Waals surface area contributed by atoms with E-state index in [2.05, 4.69) is 43.0 Å². The highest BCUT2D eigenvalue weighted by Gasteiger charge is 2.24. The van der Waals surface area contributed by atoms with E-state index in [0.717, 1.165) is 42.9 Å². The minimum Gasteiger partial charge on any atom is -0.368 e. The molecule has 0 unspecified atom stereocenters. The van der Waals surface area contributed by atoms with Gasteiger partial charge in [0, 0.05) is 37.4 Å². The summed E-state index contributed by atoms with van der Waals surface area (Å²) in [6, 6.07) is 12.6. The van der Waals surface area contributed by atoms with Crippen LogP contribution in [0.4, 0.5) is 5.69 Å². The molecule has 1 fully saturated rings. The van der Waals surface area contributed by atoms with Gasteiger partial charge in [0.25, 0.3) is 5.91 Å². The predicted octanol–water partition coefficient (Wildman–Crippen LogP) is 3.88. The Morgan fingerprint density at radius 2 is 1.58 bits per heavy atom. The van der Waals surface area contributed by atoms with Crippen LogP contribution in [0.3, 0.4) is 0 Å². The van der Waals surface area contributed by atoms with Crippen LogP contribution in [-0.2, 0) is 0 Å². The van der Waals surface area contributed by atoms with E-state index in [1.165, 1.54) is 16.8 Å². The van der Waals surface area contributed by atoms with Crippen molar-refractivity contribution in [3.8, 4) is 0 Å². The average Bonchev–Trinajstić information content (AvgIpc) is 2.59. The van der Waals surface area contributed by atoms with Crippen LogP contribution >= 0.6 is 0 Å². The lowest BCUT2D eigenvalue weighted by molar-refractivity contribution is 0.0746. The zero-order chi connectivity index (χ0) is 17.3. The van der Waals surface area contributed by atoms with E-state index < -0.39 is 0 Å². The lowest BCUT2D eigenvalue weighted by Crippen LogP contribution is -2.49. The van der Waals surface area contributed by atoms with Crippen molar-refractivity contribution in [2.24, 2.45) is 0 Å². The fourth-order valence-corrected chi connectivity index (χ4v) is 3.37. The van der Waals surface area contributed by atoms with Gasteiger partial charge in [0.2, 0.25) is 0 Å². The number of nitrogens with zero attached hydrogens (tertiary/aromatic N) is 2. The Labute approximate surface area is 144 Å². The van der Waals surface area contributed by atoms with E-state index in [1.54, 1.807) is 0 Å². The molecule has 0 N–H and O–H groups in total. The minimum absolute atomic E-state index is 0.164. The Bertz CT molecular complexity index is 758. The molecule has 0 bridgehead atoms. The van der Waals surface area contributed by atoms with Crippen molar-refractivity contribution >= 4 is 11.6 Å². The Hall–Kier alpha value is -2.29. The summed E-state index contributed by atoms with van der Waals surface area (Å²) in [4.78, 5) is 17.2. The molecule has 126 valence electrons. The van der Waals surface area contributed by atoms with Crippen molar-refractivity contribution in [2.75, 3.05) is 31.1 Å². The van der Waals surface area contributed by atoms with Crippen molar-refractivity contribution in [1.82, 2.24) is 4.90 Å². The van der Waals surface area contributed by atoms with Gasteiger partial charge >= 0.3 is 0 Å². The highest BCUT2D eigenvalue weighted by molar-refractivity contribution is 5.96. The molecular weight excluding hydrogens is 296 g/mol. The molecule has 0 atom stereocenters. The van der Waals surface area contributed by atoms with Crippen molar-refractivity contribution < 1.29 is 4.79 Å². The predicted molar refractivity (Wildman–Crippen MR) is 99.9 cm³/mol. The molecule has 1 heterocycles. The molecule has 3 nitrogen and oxygen atoms in total. The number of hydrogen-bond donors (Lipinski definition) is 0. The number of aryl methyl sites for hydroxylation is 3. The van der Waals surface area contributed by atoms with Crippen LogP contribution in [0.5, 0.6) is 0 Å². The molecule has 1 aliphatic heterocycles. The Morgan fingerprint density at radius 1 is 0.875 bits per heavy atom. The lowest BCUT2D eigenvalue weighted by Gasteiger charge is -2.37. The zero-order valence-corrected chi connectivity index (χ0v) is 15.1. The van der Waals surface area contributed by atoms with Gasteiger partial charge < -0.3 is 9.80 Å². The maximum Gasteiger partial charge on any atom is 0.254 e. The second-order valence-corrected chi connectivity index (χ2v) is 6.82. The molecule has 1 amide bonds. The number of carbonyl (C=O) groups is 1. The normalized spacial score (nSPS) is 14.8. The number of piperazine rings is 1. The monoisotopic (exact) mass is 322 g/mol. The van der Waals surface area contributed by atoms with E-state index in [-0.39, 0.29) is 5.91 Å². The van der Waals surface area contributed by atoms with Crippen LogP contribution in [0, 0.1) is 27.7 Å². The summed E-state index contributed by atoms with van der Waals surface area (Å²) in [5.41, 5.74) is 7.00. The van der Waals surface area contributed by atoms with Crippen LogP contribution in [0.2, 0.25) is 0 Å².